The summed E-state index contributed by atoms with van der Waals surface area (Å²) in [6, 6.07) is 10.7. The van der Waals surface area contributed by atoms with Gasteiger partial charge in [0.15, 0.2) is 0 Å². The van der Waals surface area contributed by atoms with Gasteiger partial charge in [-0.15, -0.1) is 0 Å². The van der Waals surface area contributed by atoms with Gasteiger partial charge in [-0.3, -0.25) is 0 Å². The van der Waals surface area contributed by atoms with E-state index in [1.807, 2.05) is 0 Å². The normalized spacial score (nSPS) is 20.9. The molecule has 1 unspecified atom stereocenters. The van der Waals surface area contributed by atoms with Crippen LogP contribution in [0.1, 0.15) is 63.9 Å². The van der Waals surface area contributed by atoms with Crippen molar-refractivity contribution in [3.63, 3.8) is 0 Å². The first-order valence-electron chi connectivity index (χ1n) is 7.57. The van der Waals surface area contributed by atoms with E-state index in [-0.39, 0.29) is 24.5 Å². The SMILES string of the molecule is CCCCCCCCCC1(c2ccccc2)CO1.[LiH]. The molecule has 1 atom stereocenters. The molecule has 102 valence electrons. The maximum atomic E-state index is 5.73. The van der Waals surface area contributed by atoms with Gasteiger partial charge in [0.05, 0.1) is 6.61 Å². The number of hydrogen-bond donors (Lipinski definition) is 0. The van der Waals surface area contributed by atoms with Crippen LogP contribution in [0, 0.1) is 0 Å². The Bertz CT molecular complexity index is 332. The first-order valence-corrected chi connectivity index (χ1v) is 7.57. The van der Waals surface area contributed by atoms with Crippen LogP contribution in [0.5, 0.6) is 0 Å². The van der Waals surface area contributed by atoms with Crippen LogP contribution in [0.25, 0.3) is 0 Å². The molecule has 0 radical (unpaired) electrons. The number of epoxide rings is 1. The molecule has 2 rings (SSSR count). The van der Waals surface area contributed by atoms with Crippen molar-refractivity contribution in [2.24, 2.45) is 0 Å². The van der Waals surface area contributed by atoms with Crippen LogP contribution in [-0.2, 0) is 10.3 Å². The number of hydrogen-bond acceptors (Lipinski definition) is 1. The summed E-state index contributed by atoms with van der Waals surface area (Å²) in [7, 11) is 0. The second-order valence-electron chi connectivity index (χ2n) is 5.52. The fourth-order valence-corrected chi connectivity index (χ4v) is 2.65. The molecular formula is C17H27LiO. The van der Waals surface area contributed by atoms with E-state index in [0.29, 0.717) is 0 Å². The fraction of sp³-hybridized carbons (Fsp3) is 0.647. The van der Waals surface area contributed by atoms with Gasteiger partial charge in [-0.05, 0) is 12.0 Å². The third-order valence-corrected chi connectivity index (χ3v) is 3.98. The summed E-state index contributed by atoms with van der Waals surface area (Å²) < 4.78 is 5.73. The Morgan fingerprint density at radius 1 is 0.947 bits per heavy atom. The van der Waals surface area contributed by atoms with Crippen LogP contribution in [0.2, 0.25) is 0 Å². The molecule has 0 bridgehead atoms. The summed E-state index contributed by atoms with van der Waals surface area (Å²) in [6.45, 7) is 3.20. The van der Waals surface area contributed by atoms with Crippen molar-refractivity contribution in [1.82, 2.24) is 0 Å². The van der Waals surface area contributed by atoms with Gasteiger partial charge >= 0.3 is 18.9 Å². The average molecular weight is 254 g/mol. The van der Waals surface area contributed by atoms with Gasteiger partial charge in [0.1, 0.15) is 5.60 Å². The standard InChI is InChI=1S/C17H26O.Li.H/c1-2-3-4-5-6-7-11-14-17(15-18-17)16-12-9-8-10-13-16;;/h8-10,12-13H,2-7,11,14-15H2,1H3;;. The second-order valence-corrected chi connectivity index (χ2v) is 5.52. The molecule has 0 saturated carbocycles. The van der Waals surface area contributed by atoms with Gasteiger partial charge in [-0.25, -0.2) is 0 Å². The Labute approximate surface area is 130 Å². The second kappa shape index (κ2) is 8.85. The molecule has 1 saturated heterocycles. The molecule has 0 spiro atoms. The van der Waals surface area contributed by atoms with E-state index >= 15 is 0 Å². The molecular weight excluding hydrogens is 227 g/mol. The first-order chi connectivity index (χ1) is 8.87. The molecule has 1 aromatic carbocycles. The van der Waals surface area contributed by atoms with Crippen LogP contribution in [-0.4, -0.2) is 25.5 Å². The summed E-state index contributed by atoms with van der Waals surface area (Å²) in [4.78, 5) is 0. The monoisotopic (exact) mass is 254 g/mol. The summed E-state index contributed by atoms with van der Waals surface area (Å²) >= 11 is 0. The zero-order chi connectivity index (χ0) is 12.7. The number of benzene rings is 1. The van der Waals surface area contributed by atoms with Crippen molar-refractivity contribution in [2.45, 2.75) is 63.9 Å². The van der Waals surface area contributed by atoms with E-state index in [9.17, 15) is 0 Å². The molecule has 0 N–H and O–H groups in total. The van der Waals surface area contributed by atoms with Crippen molar-refractivity contribution in [2.75, 3.05) is 6.61 Å². The van der Waals surface area contributed by atoms with Crippen molar-refractivity contribution in [1.29, 1.82) is 0 Å². The van der Waals surface area contributed by atoms with Gasteiger partial charge in [0.25, 0.3) is 0 Å². The average Bonchev–Trinajstić information content (AvgIpc) is 3.20. The molecule has 0 aliphatic carbocycles. The molecule has 1 fully saturated rings. The van der Waals surface area contributed by atoms with Crippen molar-refractivity contribution in [3.8, 4) is 0 Å². The Kier molecular flexibility index (Phi) is 7.84. The van der Waals surface area contributed by atoms with Crippen LogP contribution < -0.4 is 0 Å². The molecule has 0 amide bonds. The first kappa shape index (κ1) is 16.8. The van der Waals surface area contributed by atoms with E-state index in [4.69, 9.17) is 4.74 Å². The summed E-state index contributed by atoms with van der Waals surface area (Å²) in [5, 5.41) is 0. The number of rotatable bonds is 9. The van der Waals surface area contributed by atoms with Gasteiger partial charge in [0.2, 0.25) is 0 Å². The summed E-state index contributed by atoms with van der Waals surface area (Å²) in [6.07, 6.45) is 10.8. The van der Waals surface area contributed by atoms with Crippen molar-refractivity contribution in [3.05, 3.63) is 35.9 Å². The van der Waals surface area contributed by atoms with Crippen LogP contribution >= 0.6 is 0 Å². The van der Waals surface area contributed by atoms with Crippen molar-refractivity contribution < 1.29 is 4.74 Å². The topological polar surface area (TPSA) is 12.5 Å². The molecule has 2 heteroatoms. The molecule has 1 heterocycles. The van der Waals surface area contributed by atoms with E-state index < -0.39 is 0 Å². The minimum absolute atomic E-state index is 0. The molecule has 0 aromatic heterocycles. The molecule has 1 nitrogen and oxygen atoms in total. The van der Waals surface area contributed by atoms with E-state index in [0.717, 1.165) is 6.61 Å². The Hall–Kier alpha value is -0.223. The Morgan fingerprint density at radius 3 is 2.11 bits per heavy atom. The van der Waals surface area contributed by atoms with E-state index in [1.165, 1.54) is 56.9 Å². The van der Waals surface area contributed by atoms with Gasteiger partial charge < -0.3 is 4.74 Å². The molecule has 1 aliphatic heterocycles. The van der Waals surface area contributed by atoms with Gasteiger partial charge in [-0.1, -0.05) is 82.2 Å². The quantitative estimate of drug-likeness (QED) is 0.361. The summed E-state index contributed by atoms with van der Waals surface area (Å²) in [5.74, 6) is 0. The zero-order valence-corrected chi connectivity index (χ0v) is 11.7. The third-order valence-electron chi connectivity index (χ3n) is 3.98. The molecule has 1 aliphatic rings. The predicted octanol–water partition coefficient (Wildman–Crippen LogP) is 4.40. The van der Waals surface area contributed by atoms with E-state index in [2.05, 4.69) is 37.3 Å². The summed E-state index contributed by atoms with van der Waals surface area (Å²) in [5.41, 5.74) is 1.46. The van der Waals surface area contributed by atoms with Crippen LogP contribution in [0.15, 0.2) is 30.3 Å². The van der Waals surface area contributed by atoms with Gasteiger partial charge in [0, 0.05) is 0 Å². The fourth-order valence-electron chi connectivity index (χ4n) is 2.65. The number of ether oxygens (including phenoxy) is 1. The van der Waals surface area contributed by atoms with Crippen LogP contribution in [0.3, 0.4) is 0 Å². The third kappa shape index (κ3) is 5.34. The molecule has 1 aromatic rings. The van der Waals surface area contributed by atoms with Crippen molar-refractivity contribution >= 4 is 18.9 Å². The maximum absolute atomic E-state index is 5.73. The van der Waals surface area contributed by atoms with Gasteiger partial charge in [-0.2, -0.15) is 0 Å². The number of unbranched alkanes of at least 4 members (excludes halogenated alkanes) is 6. The molecule has 19 heavy (non-hydrogen) atoms. The van der Waals surface area contributed by atoms with E-state index in [1.54, 1.807) is 0 Å². The Balaban J connectivity index is 0.00000180. The zero-order valence-electron chi connectivity index (χ0n) is 11.7. The minimum atomic E-state index is 0. The van der Waals surface area contributed by atoms with Crippen LogP contribution in [0.4, 0.5) is 0 Å². The predicted molar refractivity (Wildman–Crippen MR) is 83.8 cm³/mol. The Morgan fingerprint density at radius 2 is 1.53 bits per heavy atom.